The molecule has 2 rings (SSSR count). The van der Waals surface area contributed by atoms with E-state index in [0.29, 0.717) is 28.1 Å². The fraction of sp³-hybridized carbons (Fsp3) is 0.316. The van der Waals surface area contributed by atoms with Crippen molar-refractivity contribution < 1.29 is 19.4 Å². The molecule has 1 amide bonds. The van der Waals surface area contributed by atoms with Crippen molar-refractivity contribution in [3.8, 4) is 6.07 Å². The van der Waals surface area contributed by atoms with Gasteiger partial charge in [-0.25, -0.2) is 4.79 Å². The molecule has 2 atom stereocenters. The van der Waals surface area contributed by atoms with E-state index in [2.05, 4.69) is 10.3 Å². The average molecular weight is 355 g/mol. The van der Waals surface area contributed by atoms with Gasteiger partial charge in [-0.1, -0.05) is 0 Å². The number of carbonyl (C=O) groups is 2. The number of benzene rings is 1. The molecule has 1 aromatic heterocycles. The number of nitrogens with zero attached hydrogens (tertiary/aromatic N) is 1. The number of aromatic amines is 1. The normalized spacial score (nSPS) is 12.8. The van der Waals surface area contributed by atoms with Gasteiger partial charge in [0.05, 0.1) is 17.7 Å². The second kappa shape index (κ2) is 7.85. The Hall–Kier alpha value is -3.11. The van der Waals surface area contributed by atoms with Crippen molar-refractivity contribution in [1.82, 2.24) is 4.98 Å². The second-order valence-electron chi connectivity index (χ2n) is 6.07. The molecule has 0 saturated heterocycles. The minimum atomic E-state index is -1.02. The Labute approximate surface area is 151 Å². The summed E-state index contributed by atoms with van der Waals surface area (Å²) in [5.41, 5.74) is 3.12. The smallest absolute Gasteiger partial charge is 0.355 e. The van der Waals surface area contributed by atoms with Gasteiger partial charge < -0.3 is 20.1 Å². The number of carbonyl (C=O) groups excluding carboxylic acids is 2. The Bertz CT molecular complexity index is 860. The van der Waals surface area contributed by atoms with Crippen molar-refractivity contribution >= 4 is 17.6 Å². The standard InChI is InChI=1S/C19H21N3O4/c1-10-16(12(3)23)11(2)21-17(10)19(25)26-13(4)18(24)22-15-7-5-14(9-20)6-8-15/h5-8,12-13,21,23H,1-4H3,(H,22,24)/t12-,13-/m1/s1. The molecule has 0 saturated carbocycles. The molecule has 0 fully saturated rings. The minimum Gasteiger partial charge on any atom is -0.448 e. The Balaban J connectivity index is 2.05. The van der Waals surface area contributed by atoms with E-state index in [-0.39, 0.29) is 5.69 Å². The lowest BCUT2D eigenvalue weighted by atomic mass is 10.1. The Morgan fingerprint density at radius 3 is 2.35 bits per heavy atom. The van der Waals surface area contributed by atoms with Gasteiger partial charge in [-0.3, -0.25) is 4.79 Å². The van der Waals surface area contributed by atoms with Crippen LogP contribution in [0.2, 0.25) is 0 Å². The number of aromatic nitrogens is 1. The number of anilines is 1. The third kappa shape index (κ3) is 4.10. The molecule has 0 bridgehead atoms. The Morgan fingerprint density at radius 1 is 1.23 bits per heavy atom. The fourth-order valence-corrected chi connectivity index (χ4v) is 2.74. The van der Waals surface area contributed by atoms with Crippen LogP contribution >= 0.6 is 0 Å². The molecule has 3 N–H and O–H groups in total. The van der Waals surface area contributed by atoms with Crippen molar-refractivity contribution in [2.75, 3.05) is 5.32 Å². The number of nitriles is 1. The lowest BCUT2D eigenvalue weighted by Gasteiger charge is -2.13. The second-order valence-corrected chi connectivity index (χ2v) is 6.07. The van der Waals surface area contributed by atoms with E-state index in [4.69, 9.17) is 10.00 Å². The SMILES string of the molecule is Cc1[nH]c(C(=O)O[C@H](C)C(=O)Nc2ccc(C#N)cc2)c(C)c1[C@@H](C)O. The molecule has 0 aliphatic heterocycles. The maximum Gasteiger partial charge on any atom is 0.355 e. The monoisotopic (exact) mass is 355 g/mol. The van der Waals surface area contributed by atoms with Crippen LogP contribution in [0.4, 0.5) is 5.69 Å². The molecule has 7 nitrogen and oxygen atoms in total. The maximum atomic E-state index is 12.4. The molecule has 0 aliphatic carbocycles. The highest BCUT2D eigenvalue weighted by atomic mass is 16.5. The van der Waals surface area contributed by atoms with E-state index in [0.717, 1.165) is 0 Å². The van der Waals surface area contributed by atoms with E-state index in [1.54, 1.807) is 45.0 Å². The van der Waals surface area contributed by atoms with Crippen molar-refractivity contribution in [3.05, 3.63) is 52.3 Å². The first-order valence-electron chi connectivity index (χ1n) is 8.13. The zero-order valence-electron chi connectivity index (χ0n) is 15.1. The van der Waals surface area contributed by atoms with Gasteiger partial charge in [0.2, 0.25) is 0 Å². The third-order valence-electron chi connectivity index (χ3n) is 4.05. The fourth-order valence-electron chi connectivity index (χ4n) is 2.74. The maximum absolute atomic E-state index is 12.4. The van der Waals surface area contributed by atoms with Gasteiger partial charge >= 0.3 is 5.97 Å². The molecule has 0 radical (unpaired) electrons. The average Bonchev–Trinajstić information content (AvgIpc) is 2.90. The summed E-state index contributed by atoms with van der Waals surface area (Å²) < 4.78 is 5.23. The van der Waals surface area contributed by atoms with Crippen LogP contribution in [0.25, 0.3) is 0 Å². The predicted molar refractivity (Wildman–Crippen MR) is 95.6 cm³/mol. The number of amides is 1. The molecule has 1 heterocycles. The van der Waals surface area contributed by atoms with Crippen molar-refractivity contribution in [2.24, 2.45) is 0 Å². The Kier molecular flexibility index (Phi) is 5.80. The van der Waals surface area contributed by atoms with Crippen LogP contribution in [0.3, 0.4) is 0 Å². The number of rotatable bonds is 5. The molecule has 0 spiro atoms. The number of aliphatic hydroxyl groups excluding tert-OH is 1. The zero-order valence-corrected chi connectivity index (χ0v) is 15.1. The molecule has 136 valence electrons. The molecule has 7 heteroatoms. The lowest BCUT2D eigenvalue weighted by Crippen LogP contribution is -2.30. The van der Waals surface area contributed by atoms with Crippen molar-refractivity contribution in [2.45, 2.75) is 39.9 Å². The summed E-state index contributed by atoms with van der Waals surface area (Å²) in [4.78, 5) is 27.5. The highest BCUT2D eigenvalue weighted by Crippen LogP contribution is 2.25. The topological polar surface area (TPSA) is 115 Å². The highest BCUT2D eigenvalue weighted by molar-refractivity contribution is 5.97. The predicted octanol–water partition coefficient (Wildman–Crippen LogP) is 2.74. The van der Waals surface area contributed by atoms with E-state index in [1.165, 1.54) is 6.92 Å². The van der Waals surface area contributed by atoms with Gasteiger partial charge in [0.25, 0.3) is 5.91 Å². The first kappa shape index (κ1) is 19.2. The van der Waals surface area contributed by atoms with Gasteiger partial charge in [-0.05, 0) is 57.5 Å². The summed E-state index contributed by atoms with van der Waals surface area (Å²) in [6.45, 7) is 6.56. The molecular formula is C19H21N3O4. The van der Waals surface area contributed by atoms with Crippen LogP contribution < -0.4 is 5.32 Å². The quantitative estimate of drug-likeness (QED) is 0.713. The van der Waals surface area contributed by atoms with Crippen molar-refractivity contribution in [3.63, 3.8) is 0 Å². The van der Waals surface area contributed by atoms with Crippen molar-refractivity contribution in [1.29, 1.82) is 5.26 Å². The van der Waals surface area contributed by atoms with Crippen LogP contribution in [-0.4, -0.2) is 28.1 Å². The molecule has 1 aromatic carbocycles. The summed E-state index contributed by atoms with van der Waals surface area (Å²) in [7, 11) is 0. The molecule has 26 heavy (non-hydrogen) atoms. The van der Waals surface area contributed by atoms with E-state index >= 15 is 0 Å². The first-order chi connectivity index (χ1) is 12.2. The van der Waals surface area contributed by atoms with Crippen LogP contribution in [0, 0.1) is 25.2 Å². The summed E-state index contributed by atoms with van der Waals surface area (Å²) >= 11 is 0. The summed E-state index contributed by atoms with van der Waals surface area (Å²) in [5, 5.41) is 21.2. The highest BCUT2D eigenvalue weighted by Gasteiger charge is 2.24. The van der Waals surface area contributed by atoms with Gasteiger partial charge in [0.15, 0.2) is 6.10 Å². The number of aliphatic hydroxyl groups is 1. The van der Waals surface area contributed by atoms with Crippen LogP contribution in [-0.2, 0) is 9.53 Å². The largest absolute Gasteiger partial charge is 0.448 e. The lowest BCUT2D eigenvalue weighted by molar-refractivity contribution is -0.123. The zero-order chi connectivity index (χ0) is 19.4. The first-order valence-corrected chi connectivity index (χ1v) is 8.13. The van der Waals surface area contributed by atoms with E-state index in [9.17, 15) is 14.7 Å². The van der Waals surface area contributed by atoms with Crippen LogP contribution in [0.15, 0.2) is 24.3 Å². The van der Waals surface area contributed by atoms with Gasteiger partial charge in [0, 0.05) is 16.9 Å². The van der Waals surface area contributed by atoms with Gasteiger partial charge in [-0.15, -0.1) is 0 Å². The number of hydrogen-bond acceptors (Lipinski definition) is 5. The summed E-state index contributed by atoms with van der Waals surface area (Å²) in [6, 6.07) is 8.34. The molecular weight excluding hydrogens is 334 g/mol. The van der Waals surface area contributed by atoms with E-state index < -0.39 is 24.1 Å². The van der Waals surface area contributed by atoms with E-state index in [1.807, 2.05) is 6.07 Å². The Morgan fingerprint density at radius 2 is 1.85 bits per heavy atom. The van der Waals surface area contributed by atoms with Crippen LogP contribution in [0.5, 0.6) is 0 Å². The number of esters is 1. The number of H-pyrrole nitrogens is 1. The number of ether oxygens (including phenoxy) is 1. The molecule has 2 aromatic rings. The van der Waals surface area contributed by atoms with Gasteiger partial charge in [-0.2, -0.15) is 5.26 Å². The van der Waals surface area contributed by atoms with Crippen LogP contribution in [0.1, 0.15) is 52.8 Å². The number of nitrogens with one attached hydrogen (secondary N) is 2. The molecule has 0 aliphatic rings. The molecule has 0 unspecified atom stereocenters. The summed E-state index contributed by atoms with van der Waals surface area (Å²) in [5.74, 6) is -1.15. The minimum absolute atomic E-state index is 0.219. The number of aryl methyl sites for hydroxylation is 1. The number of hydrogen-bond donors (Lipinski definition) is 3. The summed E-state index contributed by atoms with van der Waals surface area (Å²) in [6.07, 6.45) is -1.74. The van der Waals surface area contributed by atoms with Gasteiger partial charge in [0.1, 0.15) is 5.69 Å². The third-order valence-corrected chi connectivity index (χ3v) is 4.05.